The summed E-state index contributed by atoms with van der Waals surface area (Å²) in [6.07, 6.45) is 4.04. The zero-order chi connectivity index (χ0) is 13.1. The standard InChI is InChI=1S/C15H24O3/c1-9-5-4-6-11-7-12(17)15(10(2)8-16)13(18-15)14(9,11)3/h9,11-13,16-17H,2,4-8H2,1,3H3/t9-,11+,12-,13-,14+,15+/m1/s1. The lowest BCUT2D eigenvalue weighted by molar-refractivity contribution is -0.0325. The van der Waals surface area contributed by atoms with Crippen molar-refractivity contribution in [3.8, 4) is 0 Å². The lowest BCUT2D eigenvalue weighted by atomic mass is 9.53. The van der Waals surface area contributed by atoms with Crippen molar-refractivity contribution in [3.05, 3.63) is 12.2 Å². The molecule has 0 aromatic rings. The molecule has 2 aliphatic carbocycles. The quantitative estimate of drug-likeness (QED) is 0.583. The Morgan fingerprint density at radius 3 is 2.83 bits per heavy atom. The molecule has 6 atom stereocenters. The Bertz CT molecular complexity index is 380. The summed E-state index contributed by atoms with van der Waals surface area (Å²) in [6.45, 7) is 8.44. The predicted molar refractivity (Wildman–Crippen MR) is 69.1 cm³/mol. The van der Waals surface area contributed by atoms with Gasteiger partial charge in [-0.1, -0.05) is 33.3 Å². The van der Waals surface area contributed by atoms with Crippen LogP contribution >= 0.6 is 0 Å². The molecule has 1 heterocycles. The van der Waals surface area contributed by atoms with Crippen LogP contribution in [-0.4, -0.2) is 34.6 Å². The molecule has 0 aromatic heterocycles. The number of hydrogen-bond donors (Lipinski definition) is 2. The number of ether oxygens (including phenoxy) is 1. The SMILES string of the molecule is C=C(CO)[C@@]12O[C@@H]1[C@]1(C)[C@@H](CCC[C@H]1C)C[C@H]2O. The monoisotopic (exact) mass is 252 g/mol. The molecule has 3 rings (SSSR count). The Labute approximate surface area is 109 Å². The van der Waals surface area contributed by atoms with E-state index in [4.69, 9.17) is 4.74 Å². The van der Waals surface area contributed by atoms with Crippen molar-refractivity contribution in [3.63, 3.8) is 0 Å². The van der Waals surface area contributed by atoms with E-state index >= 15 is 0 Å². The van der Waals surface area contributed by atoms with Gasteiger partial charge in [0.25, 0.3) is 0 Å². The highest BCUT2D eigenvalue weighted by Crippen LogP contribution is 2.66. The van der Waals surface area contributed by atoms with Crippen molar-refractivity contribution in [2.45, 2.75) is 57.3 Å². The Kier molecular flexibility index (Phi) is 2.68. The van der Waals surface area contributed by atoms with Crippen LogP contribution in [0.25, 0.3) is 0 Å². The summed E-state index contributed by atoms with van der Waals surface area (Å²) in [5.41, 5.74) is 0.138. The highest BCUT2D eigenvalue weighted by molar-refractivity contribution is 5.34. The van der Waals surface area contributed by atoms with Gasteiger partial charge >= 0.3 is 0 Å². The first-order valence-electron chi connectivity index (χ1n) is 7.13. The third kappa shape index (κ3) is 1.30. The van der Waals surface area contributed by atoms with Crippen LogP contribution in [0.3, 0.4) is 0 Å². The minimum absolute atomic E-state index is 0.0497. The zero-order valence-electron chi connectivity index (χ0n) is 11.4. The molecule has 2 N–H and O–H groups in total. The van der Waals surface area contributed by atoms with Crippen molar-refractivity contribution in [2.24, 2.45) is 17.3 Å². The molecular formula is C15H24O3. The number of aliphatic hydroxyl groups is 2. The minimum Gasteiger partial charge on any atom is -0.392 e. The molecule has 18 heavy (non-hydrogen) atoms. The summed E-state index contributed by atoms with van der Waals surface area (Å²) in [6, 6.07) is 0. The van der Waals surface area contributed by atoms with Gasteiger partial charge in [0.1, 0.15) is 11.7 Å². The molecule has 3 nitrogen and oxygen atoms in total. The average molecular weight is 252 g/mol. The van der Waals surface area contributed by atoms with Crippen LogP contribution in [0.5, 0.6) is 0 Å². The van der Waals surface area contributed by atoms with Gasteiger partial charge in [0, 0.05) is 5.41 Å². The van der Waals surface area contributed by atoms with Gasteiger partial charge in [0.2, 0.25) is 0 Å². The third-order valence-electron chi connectivity index (χ3n) is 6.09. The maximum absolute atomic E-state index is 10.4. The maximum Gasteiger partial charge on any atom is 0.144 e. The molecule has 0 aromatic carbocycles. The lowest BCUT2D eigenvalue weighted by Gasteiger charge is -2.50. The molecule has 0 unspecified atom stereocenters. The van der Waals surface area contributed by atoms with Crippen molar-refractivity contribution >= 4 is 0 Å². The van der Waals surface area contributed by atoms with Crippen LogP contribution in [0.2, 0.25) is 0 Å². The number of fused-ring (bicyclic) bond motifs is 3. The molecule has 0 spiro atoms. The van der Waals surface area contributed by atoms with Crippen LogP contribution in [0.1, 0.15) is 39.5 Å². The van der Waals surface area contributed by atoms with E-state index in [-0.39, 0.29) is 18.1 Å². The van der Waals surface area contributed by atoms with Crippen LogP contribution in [-0.2, 0) is 4.74 Å². The highest BCUT2D eigenvalue weighted by Gasteiger charge is 2.74. The topological polar surface area (TPSA) is 53.0 Å². The molecule has 102 valence electrons. The summed E-state index contributed by atoms with van der Waals surface area (Å²) in [4.78, 5) is 0. The van der Waals surface area contributed by atoms with Gasteiger partial charge in [-0.25, -0.2) is 0 Å². The van der Waals surface area contributed by atoms with E-state index in [1.54, 1.807) is 0 Å². The summed E-state index contributed by atoms with van der Waals surface area (Å²) < 4.78 is 5.96. The number of aliphatic hydroxyl groups excluding tert-OH is 2. The Balaban J connectivity index is 1.95. The van der Waals surface area contributed by atoms with E-state index in [1.165, 1.54) is 19.3 Å². The van der Waals surface area contributed by atoms with Crippen LogP contribution < -0.4 is 0 Å². The summed E-state index contributed by atoms with van der Waals surface area (Å²) in [7, 11) is 0. The smallest absolute Gasteiger partial charge is 0.144 e. The highest BCUT2D eigenvalue weighted by atomic mass is 16.6. The summed E-state index contributed by atoms with van der Waals surface area (Å²) in [5, 5.41) is 19.8. The molecule has 3 aliphatic rings. The number of epoxide rings is 1. The fourth-order valence-corrected chi connectivity index (χ4v) is 4.61. The molecule has 0 radical (unpaired) electrons. The predicted octanol–water partition coefficient (Wildman–Crippen LogP) is 1.88. The fraction of sp³-hybridized carbons (Fsp3) is 0.867. The second-order valence-corrected chi connectivity index (χ2v) is 6.70. The zero-order valence-corrected chi connectivity index (χ0v) is 11.4. The summed E-state index contributed by atoms with van der Waals surface area (Å²) in [5.74, 6) is 1.16. The van der Waals surface area contributed by atoms with Gasteiger partial charge in [-0.05, 0) is 30.3 Å². The fourth-order valence-electron chi connectivity index (χ4n) is 4.61. The van der Waals surface area contributed by atoms with Gasteiger partial charge < -0.3 is 14.9 Å². The second-order valence-electron chi connectivity index (χ2n) is 6.70. The van der Waals surface area contributed by atoms with E-state index in [2.05, 4.69) is 20.4 Å². The van der Waals surface area contributed by atoms with Crippen LogP contribution in [0.15, 0.2) is 12.2 Å². The lowest BCUT2D eigenvalue weighted by Crippen LogP contribution is -2.54. The normalized spacial score (nSPS) is 54.4. The van der Waals surface area contributed by atoms with Gasteiger partial charge in [0.05, 0.1) is 12.7 Å². The first-order chi connectivity index (χ1) is 8.47. The van der Waals surface area contributed by atoms with Crippen molar-refractivity contribution in [1.82, 2.24) is 0 Å². The molecule has 0 amide bonds. The molecular weight excluding hydrogens is 228 g/mol. The number of rotatable bonds is 2. The third-order valence-corrected chi connectivity index (χ3v) is 6.09. The van der Waals surface area contributed by atoms with E-state index in [1.807, 2.05) is 0 Å². The first-order valence-corrected chi connectivity index (χ1v) is 7.13. The van der Waals surface area contributed by atoms with Gasteiger partial charge in [-0.3, -0.25) is 0 Å². The van der Waals surface area contributed by atoms with Gasteiger partial charge in [0.15, 0.2) is 0 Å². The Hall–Kier alpha value is -0.380. The van der Waals surface area contributed by atoms with Crippen molar-refractivity contribution in [1.29, 1.82) is 0 Å². The molecule has 3 heteroatoms. The number of hydrogen-bond acceptors (Lipinski definition) is 3. The molecule has 2 saturated carbocycles. The Morgan fingerprint density at radius 2 is 2.17 bits per heavy atom. The molecule has 1 saturated heterocycles. The van der Waals surface area contributed by atoms with E-state index in [0.717, 1.165) is 6.42 Å². The summed E-state index contributed by atoms with van der Waals surface area (Å²) >= 11 is 0. The van der Waals surface area contributed by atoms with Gasteiger partial charge in [-0.15, -0.1) is 0 Å². The molecule has 0 bridgehead atoms. The minimum atomic E-state index is -0.647. The van der Waals surface area contributed by atoms with Gasteiger partial charge in [-0.2, -0.15) is 0 Å². The van der Waals surface area contributed by atoms with Crippen LogP contribution in [0.4, 0.5) is 0 Å². The average Bonchev–Trinajstić information content (AvgIpc) is 3.11. The molecule has 1 aliphatic heterocycles. The van der Waals surface area contributed by atoms with Crippen LogP contribution in [0, 0.1) is 17.3 Å². The Morgan fingerprint density at radius 1 is 1.44 bits per heavy atom. The van der Waals surface area contributed by atoms with E-state index < -0.39 is 11.7 Å². The largest absolute Gasteiger partial charge is 0.392 e. The van der Waals surface area contributed by atoms with E-state index in [9.17, 15) is 10.2 Å². The first kappa shape index (κ1) is 12.6. The van der Waals surface area contributed by atoms with Crippen molar-refractivity contribution in [2.75, 3.05) is 6.61 Å². The molecule has 3 fully saturated rings. The second kappa shape index (κ2) is 3.81. The van der Waals surface area contributed by atoms with E-state index in [0.29, 0.717) is 17.4 Å². The van der Waals surface area contributed by atoms with Crippen molar-refractivity contribution < 1.29 is 14.9 Å². The maximum atomic E-state index is 10.4.